The van der Waals surface area contributed by atoms with Crippen LogP contribution in [0.1, 0.15) is 31.2 Å². The third-order valence-electron chi connectivity index (χ3n) is 8.61. The monoisotopic (exact) mass is 578 g/mol. The lowest BCUT2D eigenvalue weighted by Gasteiger charge is -2.49. The number of amides is 1. The van der Waals surface area contributed by atoms with E-state index < -0.39 is 0 Å². The first-order valence-corrected chi connectivity index (χ1v) is 14.3. The Hall–Kier alpha value is -3.63. The Balaban J connectivity index is 1.41. The number of nitrogens with zero attached hydrogens (tertiary/aromatic N) is 4. The van der Waals surface area contributed by atoms with Gasteiger partial charge >= 0.3 is 0 Å². The van der Waals surface area contributed by atoms with Crippen molar-refractivity contribution >= 4 is 40.0 Å². The summed E-state index contributed by atoms with van der Waals surface area (Å²) in [4.78, 5) is 29.0. The van der Waals surface area contributed by atoms with Gasteiger partial charge in [-0.2, -0.15) is 0 Å². The summed E-state index contributed by atoms with van der Waals surface area (Å²) in [6.45, 7) is 8.29. The number of carbonyl (C=O) groups excluding carboxylic acids is 1. The van der Waals surface area contributed by atoms with E-state index in [9.17, 15) is 4.79 Å². The van der Waals surface area contributed by atoms with Crippen molar-refractivity contribution in [2.75, 3.05) is 50.7 Å². The Labute approximate surface area is 244 Å². The molecule has 216 valence electrons. The number of methoxy groups -OCH3 is 2. The Bertz CT molecular complexity index is 1470. The second-order valence-corrected chi connectivity index (χ2v) is 11.6. The molecule has 0 unspecified atom stereocenters. The van der Waals surface area contributed by atoms with Crippen LogP contribution in [0, 0.1) is 12.3 Å². The molecule has 41 heavy (non-hydrogen) atoms. The fraction of sp³-hybridized carbons (Fsp3) is 0.467. The quantitative estimate of drug-likeness (QED) is 0.372. The number of aromatic nitrogens is 3. The first-order valence-electron chi connectivity index (χ1n) is 14.0. The molecule has 1 aromatic carbocycles. The molecular formula is C30H35ClN6O4. The lowest BCUT2D eigenvalue weighted by atomic mass is 9.78. The third kappa shape index (κ3) is 5.04. The molecule has 10 nitrogen and oxygen atoms in total. The summed E-state index contributed by atoms with van der Waals surface area (Å²) in [7, 11) is 3.20. The van der Waals surface area contributed by atoms with E-state index in [0.717, 1.165) is 29.9 Å². The Morgan fingerprint density at radius 1 is 1.15 bits per heavy atom. The molecule has 2 atom stereocenters. The summed E-state index contributed by atoms with van der Waals surface area (Å²) in [5.74, 6) is 2.93. The highest BCUT2D eigenvalue weighted by atomic mass is 35.5. The number of anilines is 2. The molecule has 0 radical (unpaired) electrons. The van der Waals surface area contributed by atoms with Crippen LogP contribution in [0.4, 0.5) is 11.6 Å². The molecule has 3 aliphatic rings. The average molecular weight is 579 g/mol. The fourth-order valence-corrected chi connectivity index (χ4v) is 6.76. The Kier molecular flexibility index (Phi) is 7.37. The van der Waals surface area contributed by atoms with E-state index in [1.165, 1.54) is 31.8 Å². The van der Waals surface area contributed by atoms with Crippen molar-refractivity contribution in [2.45, 2.75) is 44.7 Å². The van der Waals surface area contributed by atoms with Gasteiger partial charge in [0.25, 0.3) is 0 Å². The topological polar surface area (TPSA) is 111 Å². The van der Waals surface area contributed by atoms with E-state index in [1.807, 2.05) is 13.0 Å². The van der Waals surface area contributed by atoms with Crippen LogP contribution in [-0.4, -0.2) is 73.5 Å². The van der Waals surface area contributed by atoms with Gasteiger partial charge in [-0.25, -0.2) is 15.0 Å². The van der Waals surface area contributed by atoms with Gasteiger partial charge in [-0.05, 0) is 31.9 Å². The summed E-state index contributed by atoms with van der Waals surface area (Å²) < 4.78 is 16.8. The van der Waals surface area contributed by atoms with Crippen LogP contribution in [0.25, 0.3) is 22.3 Å². The zero-order valence-electron chi connectivity index (χ0n) is 23.6. The van der Waals surface area contributed by atoms with E-state index in [4.69, 9.17) is 35.8 Å². The molecule has 1 saturated carbocycles. The summed E-state index contributed by atoms with van der Waals surface area (Å²) in [6, 6.07) is 3.43. The predicted molar refractivity (Wildman–Crippen MR) is 159 cm³/mol. The molecule has 3 fully saturated rings. The van der Waals surface area contributed by atoms with E-state index >= 15 is 0 Å². The van der Waals surface area contributed by atoms with Crippen molar-refractivity contribution in [3.8, 4) is 22.9 Å². The number of pyridine rings is 1. The largest absolute Gasteiger partial charge is 0.496 e. The summed E-state index contributed by atoms with van der Waals surface area (Å²) >= 11 is 6.84. The van der Waals surface area contributed by atoms with Crippen LogP contribution in [-0.2, 0) is 9.53 Å². The molecule has 0 bridgehead atoms. The standard InChI is InChI=1S/C30H35ClN6O4/c1-5-25(38)34-21-14-41-13-20(21)33-24-10-18-19(12-32-24)35-28(26-17(2)22(39-3)11-23(40-4)27(26)31)36-29(18)37-15-30(16-37)8-6-7-9-30/h5,10-12,20-21H,1,6-9,13-16H2,2-4H3,(H,32,33)(H,34,38)/t20-,21+/m1/s1. The van der Waals surface area contributed by atoms with E-state index in [1.54, 1.807) is 26.5 Å². The zero-order chi connectivity index (χ0) is 28.7. The first-order chi connectivity index (χ1) is 19.8. The van der Waals surface area contributed by atoms with Gasteiger partial charge in [-0.15, -0.1) is 0 Å². The zero-order valence-corrected chi connectivity index (χ0v) is 24.4. The van der Waals surface area contributed by atoms with Gasteiger partial charge in [0, 0.05) is 41.1 Å². The maximum atomic E-state index is 11.9. The highest BCUT2D eigenvalue weighted by Gasteiger charge is 2.45. The molecule has 6 rings (SSSR count). The maximum Gasteiger partial charge on any atom is 0.243 e. The minimum absolute atomic E-state index is 0.135. The van der Waals surface area contributed by atoms with Crippen LogP contribution in [0.3, 0.4) is 0 Å². The number of benzene rings is 1. The summed E-state index contributed by atoms with van der Waals surface area (Å²) in [5.41, 5.74) is 2.59. The number of hydrogen-bond acceptors (Lipinski definition) is 9. The highest BCUT2D eigenvalue weighted by molar-refractivity contribution is 6.35. The molecule has 11 heteroatoms. The third-order valence-corrected chi connectivity index (χ3v) is 8.99. The average Bonchev–Trinajstić information content (AvgIpc) is 3.62. The molecule has 3 aromatic rings. The van der Waals surface area contributed by atoms with Gasteiger partial charge in [-0.1, -0.05) is 31.0 Å². The van der Waals surface area contributed by atoms with Gasteiger partial charge in [0.1, 0.15) is 23.1 Å². The van der Waals surface area contributed by atoms with Crippen LogP contribution in [0.2, 0.25) is 5.02 Å². The van der Waals surface area contributed by atoms with Crippen molar-refractivity contribution in [1.82, 2.24) is 20.3 Å². The highest BCUT2D eigenvalue weighted by Crippen LogP contribution is 2.48. The van der Waals surface area contributed by atoms with Gasteiger partial charge in [0.15, 0.2) is 5.82 Å². The smallest absolute Gasteiger partial charge is 0.243 e. The van der Waals surface area contributed by atoms with Gasteiger partial charge < -0.3 is 29.7 Å². The molecular weight excluding hydrogens is 544 g/mol. The van der Waals surface area contributed by atoms with Crippen LogP contribution in [0.5, 0.6) is 11.5 Å². The van der Waals surface area contributed by atoms with Crippen molar-refractivity contribution < 1.29 is 19.0 Å². The van der Waals surface area contributed by atoms with Gasteiger partial charge in [-0.3, -0.25) is 4.79 Å². The van der Waals surface area contributed by atoms with Crippen molar-refractivity contribution in [3.63, 3.8) is 0 Å². The molecule has 4 heterocycles. The summed E-state index contributed by atoms with van der Waals surface area (Å²) in [5, 5.41) is 7.71. The maximum absolute atomic E-state index is 11.9. The van der Waals surface area contributed by atoms with Gasteiger partial charge in [0.05, 0.1) is 56.3 Å². The number of halogens is 1. The SMILES string of the molecule is C=CC(=O)N[C@H]1COC[C@H]1Nc1cc2c(N3CC4(CCCC4)C3)nc(-c3c(C)c(OC)cc(OC)c3Cl)nc2cn1. The van der Waals surface area contributed by atoms with Gasteiger partial charge in [0.2, 0.25) is 5.91 Å². The normalized spacial score (nSPS) is 21.1. The van der Waals surface area contributed by atoms with Crippen LogP contribution in [0.15, 0.2) is 31.0 Å². The van der Waals surface area contributed by atoms with E-state index in [0.29, 0.717) is 57.9 Å². The number of fused-ring (bicyclic) bond motifs is 1. The van der Waals surface area contributed by atoms with Crippen molar-refractivity contribution in [1.29, 1.82) is 0 Å². The molecule has 2 saturated heterocycles. The second kappa shape index (κ2) is 11.0. The van der Waals surface area contributed by atoms with Crippen molar-refractivity contribution in [3.05, 3.63) is 41.6 Å². The molecule has 1 spiro atoms. The number of hydrogen-bond donors (Lipinski definition) is 2. The lowest BCUT2D eigenvalue weighted by Crippen LogP contribution is -2.55. The molecule has 2 N–H and O–H groups in total. The lowest BCUT2D eigenvalue weighted by molar-refractivity contribution is -0.117. The van der Waals surface area contributed by atoms with E-state index in [-0.39, 0.29) is 18.0 Å². The van der Waals surface area contributed by atoms with Crippen LogP contribution >= 0.6 is 11.6 Å². The number of ether oxygens (including phenoxy) is 3. The number of carbonyl (C=O) groups is 1. The van der Waals surface area contributed by atoms with Crippen LogP contribution < -0.4 is 25.0 Å². The minimum Gasteiger partial charge on any atom is -0.496 e. The minimum atomic E-state index is -0.233. The van der Waals surface area contributed by atoms with Crippen molar-refractivity contribution in [2.24, 2.45) is 5.41 Å². The number of nitrogens with one attached hydrogen (secondary N) is 2. The fourth-order valence-electron chi connectivity index (χ4n) is 6.40. The Morgan fingerprint density at radius 2 is 1.88 bits per heavy atom. The Morgan fingerprint density at radius 3 is 2.59 bits per heavy atom. The first kappa shape index (κ1) is 27.5. The number of rotatable bonds is 8. The van der Waals surface area contributed by atoms with E-state index in [2.05, 4.69) is 27.1 Å². The summed E-state index contributed by atoms with van der Waals surface area (Å²) in [6.07, 6.45) is 8.10. The molecule has 2 aliphatic heterocycles. The predicted octanol–water partition coefficient (Wildman–Crippen LogP) is 4.53. The molecule has 1 amide bonds. The molecule has 2 aromatic heterocycles. The molecule has 1 aliphatic carbocycles. The second-order valence-electron chi connectivity index (χ2n) is 11.2.